The largest absolute Gasteiger partial charge is 0.481 e. The lowest BCUT2D eigenvalue weighted by molar-refractivity contribution is -0.145. The quantitative estimate of drug-likeness (QED) is 0.719. The molecule has 23 heavy (non-hydrogen) atoms. The van der Waals surface area contributed by atoms with Gasteiger partial charge in [-0.15, -0.1) is 0 Å². The smallest absolute Gasteiger partial charge is 0.410 e. The Morgan fingerprint density at radius 1 is 1.22 bits per heavy atom. The third-order valence-corrected chi connectivity index (χ3v) is 3.43. The van der Waals surface area contributed by atoms with E-state index in [9.17, 15) is 19.5 Å². The number of amides is 2. The minimum Gasteiger partial charge on any atom is -0.481 e. The van der Waals surface area contributed by atoms with Gasteiger partial charge in [0.05, 0.1) is 18.4 Å². The Morgan fingerprint density at radius 3 is 2.35 bits per heavy atom. The second kappa shape index (κ2) is 8.14. The van der Waals surface area contributed by atoms with E-state index in [0.29, 0.717) is 13.2 Å². The van der Waals surface area contributed by atoms with E-state index >= 15 is 0 Å². The molecule has 0 bridgehead atoms. The zero-order valence-corrected chi connectivity index (χ0v) is 14.1. The first-order chi connectivity index (χ1) is 10.6. The molecule has 2 N–H and O–H groups in total. The van der Waals surface area contributed by atoms with Crippen LogP contribution in [-0.4, -0.2) is 66.9 Å². The number of piperidine rings is 1. The molecule has 8 heteroatoms. The highest BCUT2D eigenvalue weighted by Gasteiger charge is 2.38. The fourth-order valence-electron chi connectivity index (χ4n) is 2.36. The number of likely N-dealkylation sites (tertiary alicyclic amines) is 1. The molecule has 1 aliphatic rings. The van der Waals surface area contributed by atoms with Crippen molar-refractivity contribution in [2.45, 2.75) is 32.8 Å². The molecule has 1 aliphatic heterocycles. The topological polar surface area (TPSA) is 105 Å². The van der Waals surface area contributed by atoms with Gasteiger partial charge >= 0.3 is 12.1 Å². The summed E-state index contributed by atoms with van der Waals surface area (Å²) in [7, 11) is 1.53. The summed E-state index contributed by atoms with van der Waals surface area (Å²) in [5, 5.41) is 11.9. The number of aliphatic carboxylic acids is 1. The summed E-state index contributed by atoms with van der Waals surface area (Å²) < 4.78 is 10.1. The highest BCUT2D eigenvalue weighted by molar-refractivity contribution is 5.82. The first-order valence-electron chi connectivity index (χ1n) is 7.61. The van der Waals surface area contributed by atoms with Gasteiger partial charge in [0.15, 0.2) is 0 Å². The molecule has 0 aromatic rings. The van der Waals surface area contributed by atoms with Crippen LogP contribution in [0.15, 0.2) is 0 Å². The Kier molecular flexibility index (Phi) is 6.80. The third kappa shape index (κ3) is 6.43. The number of carbonyl (C=O) groups is 3. The monoisotopic (exact) mass is 330 g/mol. The molecule has 2 atom stereocenters. The minimum absolute atomic E-state index is 0.0477. The maximum Gasteiger partial charge on any atom is 0.410 e. The van der Waals surface area contributed by atoms with Crippen LogP contribution >= 0.6 is 0 Å². The molecule has 0 radical (unpaired) electrons. The van der Waals surface area contributed by atoms with Gasteiger partial charge in [0.25, 0.3) is 0 Å². The van der Waals surface area contributed by atoms with Crippen LogP contribution in [0.1, 0.15) is 27.2 Å². The number of nitrogens with zero attached hydrogens (tertiary/aromatic N) is 1. The summed E-state index contributed by atoms with van der Waals surface area (Å²) in [5.74, 6) is -2.65. The van der Waals surface area contributed by atoms with E-state index in [1.807, 2.05) is 0 Å². The van der Waals surface area contributed by atoms with Gasteiger partial charge < -0.3 is 24.8 Å². The van der Waals surface area contributed by atoms with Crippen LogP contribution in [0.3, 0.4) is 0 Å². The molecule has 1 saturated heterocycles. The molecule has 0 aliphatic carbocycles. The maximum atomic E-state index is 12.2. The zero-order chi connectivity index (χ0) is 17.6. The lowest BCUT2D eigenvalue weighted by Crippen LogP contribution is -2.51. The van der Waals surface area contributed by atoms with Crippen molar-refractivity contribution in [3.8, 4) is 0 Å². The third-order valence-electron chi connectivity index (χ3n) is 3.43. The van der Waals surface area contributed by atoms with Crippen molar-refractivity contribution in [3.63, 3.8) is 0 Å². The molecule has 0 unspecified atom stereocenters. The SMILES string of the molecule is COCCNC(=O)[C@@H]1C[C@H](C(=O)O)CN(C(=O)OC(C)(C)C)C1. The number of rotatable bonds is 5. The number of methoxy groups -OCH3 is 1. The average molecular weight is 330 g/mol. The van der Waals surface area contributed by atoms with Crippen LogP contribution in [0.2, 0.25) is 0 Å². The predicted molar refractivity (Wildman–Crippen MR) is 81.9 cm³/mol. The number of ether oxygens (including phenoxy) is 2. The summed E-state index contributed by atoms with van der Waals surface area (Å²) in [6.07, 6.45) is -0.397. The van der Waals surface area contributed by atoms with E-state index < -0.39 is 29.5 Å². The Balaban J connectivity index is 2.74. The molecule has 2 amide bonds. The molecular formula is C15H26N2O6. The van der Waals surface area contributed by atoms with Crippen molar-refractivity contribution >= 4 is 18.0 Å². The van der Waals surface area contributed by atoms with Crippen LogP contribution in [0, 0.1) is 11.8 Å². The van der Waals surface area contributed by atoms with E-state index in [0.717, 1.165) is 0 Å². The Bertz CT molecular complexity index is 446. The van der Waals surface area contributed by atoms with Gasteiger partial charge in [-0.2, -0.15) is 0 Å². The summed E-state index contributed by atoms with van der Waals surface area (Å²) in [6.45, 7) is 6.12. The number of hydrogen-bond acceptors (Lipinski definition) is 5. The Labute approximate surface area is 136 Å². The van der Waals surface area contributed by atoms with Crippen molar-refractivity contribution in [3.05, 3.63) is 0 Å². The van der Waals surface area contributed by atoms with E-state index in [4.69, 9.17) is 9.47 Å². The van der Waals surface area contributed by atoms with Crippen LogP contribution in [0.5, 0.6) is 0 Å². The summed E-state index contributed by atoms with van der Waals surface area (Å²) in [4.78, 5) is 36.9. The zero-order valence-electron chi connectivity index (χ0n) is 14.1. The average Bonchev–Trinajstić information content (AvgIpc) is 2.45. The summed E-state index contributed by atoms with van der Waals surface area (Å²) in [6, 6.07) is 0. The van der Waals surface area contributed by atoms with Crippen molar-refractivity contribution in [2.75, 3.05) is 33.4 Å². The van der Waals surface area contributed by atoms with Crippen LogP contribution in [-0.2, 0) is 19.1 Å². The fraction of sp³-hybridized carbons (Fsp3) is 0.800. The van der Waals surface area contributed by atoms with Crippen molar-refractivity contribution in [1.29, 1.82) is 0 Å². The summed E-state index contributed by atoms with van der Waals surface area (Å²) in [5.41, 5.74) is -0.677. The standard InChI is InChI=1S/C15H26N2O6/c1-15(2,3)23-14(21)17-8-10(7-11(9-17)13(19)20)12(18)16-5-6-22-4/h10-11H,5-9H2,1-4H3,(H,16,18)(H,19,20)/t10-,11+/m1/s1. The van der Waals surface area contributed by atoms with Crippen LogP contribution in [0.25, 0.3) is 0 Å². The van der Waals surface area contributed by atoms with Gasteiger partial charge in [0, 0.05) is 26.7 Å². The molecule has 132 valence electrons. The van der Waals surface area contributed by atoms with E-state index in [2.05, 4.69) is 5.32 Å². The molecule has 0 aromatic heterocycles. The molecular weight excluding hydrogens is 304 g/mol. The van der Waals surface area contributed by atoms with E-state index in [1.54, 1.807) is 20.8 Å². The number of hydrogen-bond donors (Lipinski definition) is 2. The lowest BCUT2D eigenvalue weighted by Gasteiger charge is -2.36. The van der Waals surface area contributed by atoms with Gasteiger partial charge in [-0.25, -0.2) is 4.79 Å². The highest BCUT2D eigenvalue weighted by atomic mass is 16.6. The minimum atomic E-state index is -1.02. The number of carboxylic acid groups (broad SMARTS) is 1. The lowest BCUT2D eigenvalue weighted by atomic mass is 9.88. The number of carbonyl (C=O) groups excluding carboxylic acids is 2. The molecule has 1 fully saturated rings. The van der Waals surface area contributed by atoms with E-state index in [1.165, 1.54) is 12.0 Å². The summed E-state index contributed by atoms with van der Waals surface area (Å²) >= 11 is 0. The highest BCUT2D eigenvalue weighted by Crippen LogP contribution is 2.24. The van der Waals surface area contributed by atoms with Crippen molar-refractivity contribution < 1.29 is 29.0 Å². The van der Waals surface area contributed by atoms with Gasteiger partial charge in [0.2, 0.25) is 5.91 Å². The molecule has 0 aromatic carbocycles. The van der Waals surface area contributed by atoms with Crippen molar-refractivity contribution in [1.82, 2.24) is 10.2 Å². The van der Waals surface area contributed by atoms with Crippen molar-refractivity contribution in [2.24, 2.45) is 11.8 Å². The van der Waals surface area contributed by atoms with Crippen LogP contribution < -0.4 is 5.32 Å². The predicted octanol–water partition coefficient (Wildman–Crippen LogP) is 0.707. The van der Waals surface area contributed by atoms with Crippen LogP contribution in [0.4, 0.5) is 4.79 Å². The second-order valence-corrected chi connectivity index (χ2v) is 6.64. The second-order valence-electron chi connectivity index (χ2n) is 6.64. The number of carboxylic acids is 1. The van der Waals surface area contributed by atoms with Gasteiger partial charge in [0.1, 0.15) is 5.60 Å². The first kappa shape index (κ1) is 19.2. The van der Waals surface area contributed by atoms with Gasteiger partial charge in [-0.3, -0.25) is 9.59 Å². The number of nitrogens with one attached hydrogen (secondary N) is 1. The fourth-order valence-corrected chi connectivity index (χ4v) is 2.36. The Hall–Kier alpha value is -1.83. The first-order valence-corrected chi connectivity index (χ1v) is 7.61. The normalized spacial score (nSPS) is 21.7. The molecule has 0 spiro atoms. The van der Waals surface area contributed by atoms with E-state index in [-0.39, 0.29) is 25.4 Å². The van der Waals surface area contributed by atoms with Gasteiger partial charge in [-0.05, 0) is 27.2 Å². The molecule has 1 heterocycles. The molecule has 8 nitrogen and oxygen atoms in total. The molecule has 0 saturated carbocycles. The molecule has 1 rings (SSSR count). The Morgan fingerprint density at radius 2 is 1.83 bits per heavy atom. The van der Waals surface area contributed by atoms with Gasteiger partial charge in [-0.1, -0.05) is 0 Å². The maximum absolute atomic E-state index is 12.2.